The van der Waals surface area contributed by atoms with Crippen molar-refractivity contribution in [1.82, 2.24) is 10.3 Å². The first kappa shape index (κ1) is 14.8. The summed E-state index contributed by atoms with van der Waals surface area (Å²) in [5.74, 6) is 0. The summed E-state index contributed by atoms with van der Waals surface area (Å²) in [6, 6.07) is 4.25. The molecule has 4 heteroatoms. The number of hydrogen-bond donors (Lipinski definition) is 1. The minimum atomic E-state index is 0.323. The fourth-order valence-electron chi connectivity index (χ4n) is 2.62. The van der Waals surface area contributed by atoms with E-state index in [1.165, 1.54) is 19.3 Å². The van der Waals surface area contributed by atoms with Gasteiger partial charge in [-0.15, -0.1) is 0 Å². The number of nitrogens with one attached hydrogen (secondary N) is 1. The molecule has 1 aliphatic rings. The van der Waals surface area contributed by atoms with Crippen LogP contribution in [0.25, 0.3) is 0 Å². The summed E-state index contributed by atoms with van der Waals surface area (Å²) < 4.78 is 5.66. The van der Waals surface area contributed by atoms with Crippen LogP contribution in [-0.4, -0.2) is 24.2 Å². The Kier molecular flexibility index (Phi) is 6.08. The van der Waals surface area contributed by atoms with Gasteiger partial charge in [-0.2, -0.15) is 0 Å². The van der Waals surface area contributed by atoms with Gasteiger partial charge in [0.1, 0.15) is 0 Å². The summed E-state index contributed by atoms with van der Waals surface area (Å²) in [5.41, 5.74) is 1.08. The third-order valence-corrected chi connectivity index (χ3v) is 3.82. The Morgan fingerprint density at radius 2 is 2.42 bits per heavy atom. The molecule has 0 radical (unpaired) electrons. The Labute approximate surface area is 120 Å². The zero-order chi connectivity index (χ0) is 13.5. The predicted molar refractivity (Wildman–Crippen MR) is 78.5 cm³/mol. The lowest BCUT2D eigenvalue weighted by Gasteiger charge is -2.18. The molecule has 1 saturated heterocycles. The van der Waals surface area contributed by atoms with E-state index >= 15 is 0 Å². The van der Waals surface area contributed by atoms with Gasteiger partial charge in [0, 0.05) is 18.8 Å². The van der Waals surface area contributed by atoms with Crippen LogP contribution in [0.1, 0.15) is 50.8 Å². The van der Waals surface area contributed by atoms with Crippen LogP contribution >= 0.6 is 11.6 Å². The first-order valence-corrected chi connectivity index (χ1v) is 7.64. The number of rotatable bonds is 7. The monoisotopic (exact) mass is 282 g/mol. The maximum absolute atomic E-state index is 5.88. The minimum Gasteiger partial charge on any atom is -0.378 e. The van der Waals surface area contributed by atoms with E-state index < -0.39 is 0 Å². The van der Waals surface area contributed by atoms with Crippen LogP contribution in [0.5, 0.6) is 0 Å². The number of nitrogens with zero attached hydrogens (tertiary/aromatic N) is 1. The van der Waals surface area contributed by atoms with Crippen molar-refractivity contribution in [1.29, 1.82) is 0 Å². The molecule has 1 aromatic rings. The third kappa shape index (κ3) is 4.75. The molecule has 0 bridgehead atoms. The lowest BCUT2D eigenvalue weighted by atomic mass is 10.0. The summed E-state index contributed by atoms with van der Waals surface area (Å²) in [6.07, 6.45) is 8.09. The van der Waals surface area contributed by atoms with Crippen molar-refractivity contribution < 1.29 is 4.74 Å². The first-order chi connectivity index (χ1) is 9.29. The molecule has 2 unspecified atom stereocenters. The number of aromatic nitrogens is 1. The molecule has 1 fully saturated rings. The van der Waals surface area contributed by atoms with E-state index in [1.807, 2.05) is 12.1 Å². The van der Waals surface area contributed by atoms with Gasteiger partial charge < -0.3 is 10.1 Å². The Balaban J connectivity index is 1.82. The Hall–Kier alpha value is -0.640. The molecular formula is C15H23ClN2O. The maximum atomic E-state index is 5.88. The van der Waals surface area contributed by atoms with Crippen LogP contribution in [-0.2, 0) is 4.74 Å². The summed E-state index contributed by atoms with van der Waals surface area (Å²) >= 11 is 5.88. The average Bonchev–Trinajstić information content (AvgIpc) is 2.92. The van der Waals surface area contributed by atoms with E-state index in [0.717, 1.165) is 31.7 Å². The number of ether oxygens (including phenoxy) is 1. The lowest BCUT2D eigenvalue weighted by molar-refractivity contribution is 0.101. The van der Waals surface area contributed by atoms with Crippen LogP contribution in [0.3, 0.4) is 0 Å². The van der Waals surface area contributed by atoms with E-state index in [0.29, 0.717) is 17.2 Å². The average molecular weight is 283 g/mol. The largest absolute Gasteiger partial charge is 0.378 e. The SMILES string of the molecule is CCNC(CCCC1CCCO1)c1ccc(Cl)cn1. The van der Waals surface area contributed by atoms with Crippen molar-refractivity contribution in [2.24, 2.45) is 0 Å². The van der Waals surface area contributed by atoms with Gasteiger partial charge >= 0.3 is 0 Å². The van der Waals surface area contributed by atoms with Crippen molar-refractivity contribution in [3.8, 4) is 0 Å². The summed E-state index contributed by atoms with van der Waals surface area (Å²) in [7, 11) is 0. The molecule has 0 saturated carbocycles. The number of halogens is 1. The molecule has 106 valence electrons. The molecule has 0 aliphatic carbocycles. The van der Waals surface area contributed by atoms with E-state index in [2.05, 4.69) is 17.2 Å². The second kappa shape index (κ2) is 7.83. The Morgan fingerprint density at radius 1 is 1.53 bits per heavy atom. The van der Waals surface area contributed by atoms with Crippen LogP contribution in [0.15, 0.2) is 18.3 Å². The van der Waals surface area contributed by atoms with Gasteiger partial charge in [-0.25, -0.2) is 0 Å². The van der Waals surface area contributed by atoms with Gasteiger partial charge in [0.05, 0.1) is 16.8 Å². The molecule has 0 amide bonds. The highest BCUT2D eigenvalue weighted by molar-refractivity contribution is 6.30. The van der Waals surface area contributed by atoms with E-state index in [1.54, 1.807) is 6.20 Å². The van der Waals surface area contributed by atoms with E-state index in [9.17, 15) is 0 Å². The first-order valence-electron chi connectivity index (χ1n) is 7.26. The Morgan fingerprint density at radius 3 is 3.05 bits per heavy atom. The highest BCUT2D eigenvalue weighted by Crippen LogP contribution is 2.23. The molecule has 2 rings (SSSR count). The van der Waals surface area contributed by atoms with Crippen LogP contribution in [0.2, 0.25) is 5.02 Å². The maximum Gasteiger partial charge on any atom is 0.0589 e. The number of hydrogen-bond acceptors (Lipinski definition) is 3. The molecular weight excluding hydrogens is 260 g/mol. The van der Waals surface area contributed by atoms with Gasteiger partial charge in [0.15, 0.2) is 0 Å². The zero-order valence-corrected chi connectivity index (χ0v) is 12.3. The topological polar surface area (TPSA) is 34.1 Å². The molecule has 0 aromatic carbocycles. The highest BCUT2D eigenvalue weighted by atomic mass is 35.5. The lowest BCUT2D eigenvalue weighted by Crippen LogP contribution is -2.22. The van der Waals surface area contributed by atoms with Gasteiger partial charge in [0.25, 0.3) is 0 Å². The van der Waals surface area contributed by atoms with Crippen molar-refractivity contribution >= 4 is 11.6 Å². The predicted octanol–water partition coefficient (Wildman–Crippen LogP) is 3.73. The van der Waals surface area contributed by atoms with Crippen LogP contribution < -0.4 is 5.32 Å². The summed E-state index contributed by atoms with van der Waals surface area (Å²) in [5, 5.41) is 4.19. The number of pyridine rings is 1. The normalized spacial score (nSPS) is 20.6. The van der Waals surface area contributed by atoms with Gasteiger partial charge in [0.2, 0.25) is 0 Å². The van der Waals surface area contributed by atoms with E-state index in [-0.39, 0.29) is 0 Å². The van der Waals surface area contributed by atoms with Gasteiger partial charge in [-0.1, -0.05) is 18.5 Å². The smallest absolute Gasteiger partial charge is 0.0589 e. The molecule has 3 nitrogen and oxygen atoms in total. The molecule has 2 atom stereocenters. The molecule has 1 aliphatic heterocycles. The summed E-state index contributed by atoms with van der Waals surface area (Å²) in [4.78, 5) is 4.42. The minimum absolute atomic E-state index is 0.323. The van der Waals surface area contributed by atoms with E-state index in [4.69, 9.17) is 16.3 Å². The molecule has 1 N–H and O–H groups in total. The quantitative estimate of drug-likeness (QED) is 0.827. The third-order valence-electron chi connectivity index (χ3n) is 3.60. The zero-order valence-electron chi connectivity index (χ0n) is 11.6. The van der Waals surface area contributed by atoms with Crippen molar-refractivity contribution in [2.45, 2.75) is 51.2 Å². The van der Waals surface area contributed by atoms with Crippen LogP contribution in [0.4, 0.5) is 0 Å². The molecule has 1 aromatic heterocycles. The molecule has 2 heterocycles. The molecule has 19 heavy (non-hydrogen) atoms. The van der Waals surface area contributed by atoms with Crippen molar-refractivity contribution in [3.63, 3.8) is 0 Å². The standard InChI is InChI=1S/C15H23ClN2O/c1-2-17-14(15-9-8-12(16)11-18-15)7-3-5-13-6-4-10-19-13/h8-9,11,13-14,17H,2-7,10H2,1H3. The second-order valence-corrected chi connectivity index (χ2v) is 5.51. The summed E-state index contributed by atoms with van der Waals surface area (Å²) in [6.45, 7) is 4.03. The van der Waals surface area contributed by atoms with Gasteiger partial charge in [-0.3, -0.25) is 4.98 Å². The molecule has 0 spiro atoms. The van der Waals surface area contributed by atoms with Gasteiger partial charge in [-0.05, 0) is 50.8 Å². The van der Waals surface area contributed by atoms with Crippen molar-refractivity contribution in [3.05, 3.63) is 29.0 Å². The fraction of sp³-hybridized carbons (Fsp3) is 0.667. The Bertz CT molecular complexity index is 363. The van der Waals surface area contributed by atoms with Crippen LogP contribution in [0, 0.1) is 0 Å². The highest BCUT2D eigenvalue weighted by Gasteiger charge is 2.17. The second-order valence-electron chi connectivity index (χ2n) is 5.08. The van der Waals surface area contributed by atoms with Crippen molar-refractivity contribution in [2.75, 3.05) is 13.2 Å². The fourth-order valence-corrected chi connectivity index (χ4v) is 2.73.